The topological polar surface area (TPSA) is 77.1 Å². The minimum atomic E-state index is -3.50. The first-order valence-corrected chi connectivity index (χ1v) is 9.31. The van der Waals surface area contributed by atoms with E-state index in [1.807, 2.05) is 0 Å². The molecule has 3 aromatic rings. The van der Waals surface area contributed by atoms with Crippen molar-refractivity contribution in [3.63, 3.8) is 0 Å². The molecule has 0 spiro atoms. The molecule has 24 heavy (non-hydrogen) atoms. The van der Waals surface area contributed by atoms with Gasteiger partial charge >= 0.3 is 0 Å². The van der Waals surface area contributed by atoms with Gasteiger partial charge in [0, 0.05) is 24.0 Å². The van der Waals surface area contributed by atoms with E-state index in [2.05, 4.69) is 9.82 Å². The van der Waals surface area contributed by atoms with Crippen molar-refractivity contribution in [2.24, 2.45) is 0 Å². The normalized spacial score (nSPS) is 13.0. The quantitative estimate of drug-likeness (QED) is 0.698. The Bertz CT molecular complexity index is 826. The summed E-state index contributed by atoms with van der Waals surface area (Å²) in [6.07, 6.45) is 4.95. The standard InChI is InChI=1S/C16H16ClN3O3S/c17-14-6-4-13(5-7-14)12-24(21,22)19-11-15(16-3-1-10-23-16)20-9-2-8-18-20/h1-10,15,19H,11-12H2. The second-order valence-corrected chi connectivity index (χ2v) is 7.49. The molecule has 0 aliphatic heterocycles. The number of nitrogens with zero attached hydrogens (tertiary/aromatic N) is 2. The Morgan fingerprint density at radius 2 is 2.00 bits per heavy atom. The number of sulfonamides is 1. The molecule has 1 aromatic carbocycles. The lowest BCUT2D eigenvalue weighted by Gasteiger charge is -2.16. The highest BCUT2D eigenvalue weighted by molar-refractivity contribution is 7.88. The van der Waals surface area contributed by atoms with E-state index in [1.54, 1.807) is 65.8 Å². The van der Waals surface area contributed by atoms with Crippen LogP contribution in [0.4, 0.5) is 0 Å². The van der Waals surface area contributed by atoms with E-state index in [0.717, 1.165) is 0 Å². The summed E-state index contributed by atoms with van der Waals surface area (Å²) >= 11 is 5.81. The van der Waals surface area contributed by atoms with Crippen LogP contribution in [0.3, 0.4) is 0 Å². The molecule has 0 amide bonds. The van der Waals surface area contributed by atoms with Gasteiger partial charge < -0.3 is 4.42 Å². The molecule has 0 bridgehead atoms. The monoisotopic (exact) mass is 365 g/mol. The van der Waals surface area contributed by atoms with E-state index in [-0.39, 0.29) is 18.3 Å². The molecule has 2 aromatic heterocycles. The predicted octanol–water partition coefficient (Wildman–Crippen LogP) is 2.84. The van der Waals surface area contributed by atoms with Crippen molar-refractivity contribution in [2.75, 3.05) is 6.54 Å². The number of nitrogens with one attached hydrogen (secondary N) is 1. The maximum atomic E-state index is 12.3. The van der Waals surface area contributed by atoms with E-state index >= 15 is 0 Å². The van der Waals surface area contributed by atoms with E-state index in [1.165, 1.54) is 0 Å². The summed E-state index contributed by atoms with van der Waals surface area (Å²) in [6.45, 7) is 0.144. The molecule has 8 heteroatoms. The second kappa shape index (κ2) is 7.21. The first-order valence-electron chi connectivity index (χ1n) is 7.28. The van der Waals surface area contributed by atoms with Crippen LogP contribution in [0.2, 0.25) is 5.02 Å². The van der Waals surface area contributed by atoms with Crippen LogP contribution >= 0.6 is 11.6 Å². The van der Waals surface area contributed by atoms with Crippen molar-refractivity contribution < 1.29 is 12.8 Å². The summed E-state index contributed by atoms with van der Waals surface area (Å²) < 4.78 is 34.3. The molecule has 1 atom stereocenters. The molecule has 6 nitrogen and oxygen atoms in total. The summed E-state index contributed by atoms with van der Waals surface area (Å²) in [5, 5.41) is 4.74. The summed E-state index contributed by atoms with van der Waals surface area (Å²) in [6, 6.07) is 11.7. The molecule has 0 radical (unpaired) electrons. The minimum Gasteiger partial charge on any atom is -0.467 e. The number of furan rings is 1. The van der Waals surface area contributed by atoms with Gasteiger partial charge in [-0.15, -0.1) is 0 Å². The SMILES string of the molecule is O=S(=O)(Cc1ccc(Cl)cc1)NCC(c1ccco1)n1cccn1. The second-order valence-electron chi connectivity index (χ2n) is 5.25. The zero-order valence-corrected chi connectivity index (χ0v) is 14.2. The number of aromatic nitrogens is 2. The van der Waals surface area contributed by atoms with Crippen LogP contribution in [0.5, 0.6) is 0 Å². The van der Waals surface area contributed by atoms with E-state index in [0.29, 0.717) is 16.3 Å². The predicted molar refractivity (Wildman–Crippen MR) is 91.2 cm³/mol. The smallest absolute Gasteiger partial charge is 0.215 e. The van der Waals surface area contributed by atoms with Crippen LogP contribution in [-0.2, 0) is 15.8 Å². The number of halogens is 1. The number of hydrogen-bond donors (Lipinski definition) is 1. The van der Waals surface area contributed by atoms with E-state index in [9.17, 15) is 8.42 Å². The maximum absolute atomic E-state index is 12.3. The zero-order valence-electron chi connectivity index (χ0n) is 12.7. The summed E-state index contributed by atoms with van der Waals surface area (Å²) in [5.41, 5.74) is 0.667. The third kappa shape index (κ3) is 4.25. The van der Waals surface area contributed by atoms with Crippen molar-refractivity contribution in [3.05, 3.63) is 77.5 Å². The molecule has 0 fully saturated rings. The lowest BCUT2D eigenvalue weighted by Crippen LogP contribution is -2.32. The molecule has 3 rings (SSSR count). The van der Waals surface area contributed by atoms with Crippen LogP contribution in [0, 0.1) is 0 Å². The van der Waals surface area contributed by atoms with Crippen molar-refractivity contribution in [1.82, 2.24) is 14.5 Å². The van der Waals surface area contributed by atoms with Crippen molar-refractivity contribution in [1.29, 1.82) is 0 Å². The fourth-order valence-corrected chi connectivity index (χ4v) is 3.60. The number of benzene rings is 1. The Labute approximate surface area is 145 Å². The van der Waals surface area contributed by atoms with Gasteiger partial charge in [-0.25, -0.2) is 13.1 Å². The van der Waals surface area contributed by atoms with Crippen LogP contribution in [0.25, 0.3) is 0 Å². The Morgan fingerprint density at radius 1 is 1.21 bits per heavy atom. The largest absolute Gasteiger partial charge is 0.467 e. The molecule has 0 aliphatic rings. The van der Waals surface area contributed by atoms with Gasteiger partial charge in [0.25, 0.3) is 0 Å². The summed E-state index contributed by atoms with van der Waals surface area (Å²) in [5.74, 6) is 0.515. The van der Waals surface area contributed by atoms with Crippen molar-refractivity contribution >= 4 is 21.6 Å². The van der Waals surface area contributed by atoms with Gasteiger partial charge in [0.1, 0.15) is 11.8 Å². The third-order valence-corrected chi connectivity index (χ3v) is 5.05. The molecular weight excluding hydrogens is 350 g/mol. The van der Waals surface area contributed by atoms with Gasteiger partial charge in [-0.3, -0.25) is 4.68 Å². The lowest BCUT2D eigenvalue weighted by molar-refractivity contribution is 0.402. The van der Waals surface area contributed by atoms with Crippen molar-refractivity contribution in [3.8, 4) is 0 Å². The molecule has 2 heterocycles. The Hall–Kier alpha value is -2.09. The van der Waals surface area contributed by atoms with Crippen LogP contribution in [0.15, 0.2) is 65.5 Å². The molecule has 1 unspecified atom stereocenters. The van der Waals surface area contributed by atoms with Crippen LogP contribution < -0.4 is 4.72 Å². The van der Waals surface area contributed by atoms with Crippen LogP contribution in [0.1, 0.15) is 17.4 Å². The van der Waals surface area contributed by atoms with Gasteiger partial charge in [0.15, 0.2) is 0 Å². The van der Waals surface area contributed by atoms with Gasteiger partial charge in [-0.2, -0.15) is 5.10 Å². The minimum absolute atomic E-state index is 0.117. The lowest BCUT2D eigenvalue weighted by atomic mass is 10.2. The molecule has 0 saturated carbocycles. The van der Waals surface area contributed by atoms with Crippen molar-refractivity contribution in [2.45, 2.75) is 11.8 Å². The number of rotatable bonds is 7. The molecular formula is C16H16ClN3O3S. The van der Waals surface area contributed by atoms with Crippen LogP contribution in [-0.4, -0.2) is 24.7 Å². The fraction of sp³-hybridized carbons (Fsp3) is 0.188. The highest BCUT2D eigenvalue weighted by Crippen LogP contribution is 2.18. The fourth-order valence-electron chi connectivity index (χ4n) is 2.33. The Kier molecular flexibility index (Phi) is 5.03. The zero-order chi connectivity index (χ0) is 17.0. The molecule has 1 N–H and O–H groups in total. The van der Waals surface area contributed by atoms with Gasteiger partial charge in [-0.1, -0.05) is 23.7 Å². The van der Waals surface area contributed by atoms with Gasteiger partial charge in [0.2, 0.25) is 10.0 Å². The first-order chi connectivity index (χ1) is 11.5. The number of hydrogen-bond acceptors (Lipinski definition) is 4. The summed E-state index contributed by atoms with van der Waals surface area (Å²) in [4.78, 5) is 0. The highest BCUT2D eigenvalue weighted by atomic mass is 35.5. The summed E-state index contributed by atoms with van der Waals surface area (Å²) in [7, 11) is -3.50. The van der Waals surface area contributed by atoms with E-state index < -0.39 is 10.0 Å². The molecule has 0 saturated heterocycles. The Morgan fingerprint density at radius 3 is 2.62 bits per heavy atom. The van der Waals surface area contributed by atoms with Gasteiger partial charge in [-0.05, 0) is 35.9 Å². The Balaban J connectivity index is 1.70. The first kappa shape index (κ1) is 16.8. The maximum Gasteiger partial charge on any atom is 0.215 e. The molecule has 126 valence electrons. The third-order valence-electron chi connectivity index (χ3n) is 3.48. The average Bonchev–Trinajstić information content (AvgIpc) is 3.23. The highest BCUT2D eigenvalue weighted by Gasteiger charge is 2.20. The average molecular weight is 366 g/mol. The van der Waals surface area contributed by atoms with E-state index in [4.69, 9.17) is 16.0 Å². The van der Waals surface area contributed by atoms with Gasteiger partial charge in [0.05, 0.1) is 12.0 Å². The molecule has 0 aliphatic carbocycles.